The maximum Gasteiger partial charge on any atom is 0.0323 e. The van der Waals surface area contributed by atoms with Gasteiger partial charge in [-0.3, -0.25) is 0 Å². The molecule has 1 spiro atoms. The number of alkyl halides is 1. The van der Waals surface area contributed by atoms with Crippen LogP contribution in [0, 0.1) is 58.7 Å². The minimum atomic E-state index is 0.630. The van der Waals surface area contributed by atoms with Crippen LogP contribution in [0.4, 0.5) is 0 Å². The summed E-state index contributed by atoms with van der Waals surface area (Å²) < 4.78 is 0.630. The molecular formula is C18H23Br. The molecule has 10 aliphatic rings. The molecule has 0 radical (unpaired) electrons. The molecule has 1 heteroatoms. The van der Waals surface area contributed by atoms with Gasteiger partial charge in [0.25, 0.3) is 0 Å². The van der Waals surface area contributed by atoms with Crippen LogP contribution in [-0.4, -0.2) is 4.32 Å². The van der Waals surface area contributed by atoms with Crippen molar-refractivity contribution in [3.05, 3.63) is 0 Å². The Bertz CT molecular complexity index is 474. The van der Waals surface area contributed by atoms with Gasteiger partial charge in [0.2, 0.25) is 0 Å². The van der Waals surface area contributed by atoms with E-state index in [1.165, 1.54) is 23.7 Å². The first-order valence-electron chi connectivity index (χ1n) is 8.90. The average molecular weight is 319 g/mol. The smallest absolute Gasteiger partial charge is 0.0323 e. The Kier molecular flexibility index (Phi) is 1.41. The van der Waals surface area contributed by atoms with Gasteiger partial charge in [-0.15, -0.1) is 0 Å². The third kappa shape index (κ3) is 0.795. The second-order valence-electron chi connectivity index (χ2n) is 9.70. The third-order valence-electron chi connectivity index (χ3n) is 9.72. The highest BCUT2D eigenvalue weighted by molar-refractivity contribution is 9.10. The quantitative estimate of drug-likeness (QED) is 0.578. The van der Waals surface area contributed by atoms with Crippen molar-refractivity contribution in [3.8, 4) is 0 Å². The Morgan fingerprint density at radius 1 is 0.684 bits per heavy atom. The molecule has 0 aliphatic heterocycles. The van der Waals surface area contributed by atoms with Crippen molar-refractivity contribution in [1.82, 2.24) is 0 Å². The number of hydrogen-bond donors (Lipinski definition) is 0. The third-order valence-corrected chi connectivity index (χ3v) is 11.2. The summed E-state index contributed by atoms with van der Waals surface area (Å²) in [6.07, 6.45) is 11.5. The first-order valence-corrected chi connectivity index (χ1v) is 9.69. The largest absolute Gasteiger partial charge is 0.0847 e. The second-order valence-corrected chi connectivity index (χ2v) is 11.2. The molecule has 102 valence electrons. The molecule has 0 heterocycles. The van der Waals surface area contributed by atoms with Gasteiger partial charge in [-0.1, -0.05) is 15.9 Å². The van der Waals surface area contributed by atoms with Crippen molar-refractivity contribution in [2.24, 2.45) is 58.7 Å². The molecule has 0 nitrogen and oxygen atoms in total. The summed E-state index contributed by atoms with van der Waals surface area (Å²) in [5.41, 5.74) is 0.890. The molecule has 0 N–H and O–H groups in total. The zero-order valence-corrected chi connectivity index (χ0v) is 13.1. The van der Waals surface area contributed by atoms with Gasteiger partial charge in [-0.2, -0.15) is 0 Å². The number of halogens is 1. The van der Waals surface area contributed by atoms with Gasteiger partial charge in [-0.05, 0) is 104 Å². The molecule has 11 bridgehead atoms. The molecular weight excluding hydrogens is 296 g/mol. The molecule has 0 saturated heterocycles. The standard InChI is InChI=1S/C18H23Br/c19-18-7-12-10-1-8-2-11(12)16-14(18)4-9-3-13(18)15(10)17(16,5-8)6-9/h8-16H,1-7H2/t8?,9?,10-,11+,12?,13-,14-,15+,16-,17?,18?/m0/s1. The van der Waals surface area contributed by atoms with Crippen LogP contribution in [0.25, 0.3) is 0 Å². The molecule has 0 aromatic rings. The zero-order valence-electron chi connectivity index (χ0n) is 11.5. The minimum Gasteiger partial charge on any atom is -0.0847 e. The lowest BCUT2D eigenvalue weighted by atomic mass is 9.22. The first kappa shape index (κ1) is 10.2. The molecule has 0 aromatic carbocycles. The van der Waals surface area contributed by atoms with Gasteiger partial charge in [0, 0.05) is 4.32 Å². The van der Waals surface area contributed by atoms with Crippen molar-refractivity contribution in [3.63, 3.8) is 0 Å². The van der Waals surface area contributed by atoms with E-state index in [4.69, 9.17) is 0 Å². The average Bonchev–Trinajstić information content (AvgIpc) is 2.37. The summed E-state index contributed by atoms with van der Waals surface area (Å²) in [5, 5.41) is 0. The summed E-state index contributed by atoms with van der Waals surface area (Å²) in [5.74, 6) is 10.4. The van der Waals surface area contributed by atoms with E-state index in [0.29, 0.717) is 4.32 Å². The van der Waals surface area contributed by atoms with Crippen LogP contribution in [0.1, 0.15) is 44.9 Å². The predicted octanol–water partition coefficient (Wildman–Crippen LogP) is 4.48. The highest BCUT2D eigenvalue weighted by Crippen LogP contribution is 2.86. The van der Waals surface area contributed by atoms with Crippen LogP contribution >= 0.6 is 15.9 Å². The molecule has 19 heavy (non-hydrogen) atoms. The fourth-order valence-corrected chi connectivity index (χ4v) is 11.5. The topological polar surface area (TPSA) is 0 Å². The lowest BCUT2D eigenvalue weighted by Gasteiger charge is -2.85. The van der Waals surface area contributed by atoms with Crippen LogP contribution in [0.15, 0.2) is 0 Å². The second kappa shape index (κ2) is 2.61. The Hall–Kier alpha value is 0.480. The van der Waals surface area contributed by atoms with Gasteiger partial charge in [0.15, 0.2) is 0 Å². The van der Waals surface area contributed by atoms with Crippen LogP contribution in [0.3, 0.4) is 0 Å². The van der Waals surface area contributed by atoms with Gasteiger partial charge in [-0.25, -0.2) is 0 Å². The fraction of sp³-hybridized carbons (Fsp3) is 1.00. The number of rotatable bonds is 0. The summed E-state index contributed by atoms with van der Waals surface area (Å²) in [6.45, 7) is 0. The summed E-state index contributed by atoms with van der Waals surface area (Å²) in [6, 6.07) is 0. The van der Waals surface area contributed by atoms with Crippen LogP contribution in [-0.2, 0) is 0 Å². The Balaban J connectivity index is 1.57. The van der Waals surface area contributed by atoms with Gasteiger partial charge in [0.05, 0.1) is 0 Å². The fourth-order valence-electron chi connectivity index (χ4n) is 10.2. The molecule has 5 unspecified atom stereocenters. The Morgan fingerprint density at radius 2 is 1.26 bits per heavy atom. The van der Waals surface area contributed by atoms with Crippen molar-refractivity contribution in [2.75, 3.05) is 0 Å². The van der Waals surface area contributed by atoms with E-state index in [2.05, 4.69) is 15.9 Å². The highest BCUT2D eigenvalue weighted by Gasteiger charge is 2.81. The van der Waals surface area contributed by atoms with Crippen molar-refractivity contribution >= 4 is 15.9 Å². The van der Waals surface area contributed by atoms with E-state index in [9.17, 15) is 0 Å². The van der Waals surface area contributed by atoms with Crippen molar-refractivity contribution < 1.29 is 0 Å². The summed E-state index contributed by atoms with van der Waals surface area (Å²) in [7, 11) is 0. The molecule has 10 rings (SSSR count). The van der Waals surface area contributed by atoms with Gasteiger partial charge >= 0.3 is 0 Å². The lowest BCUT2D eigenvalue weighted by Crippen LogP contribution is -2.80. The van der Waals surface area contributed by atoms with Crippen LogP contribution < -0.4 is 0 Å². The molecule has 10 saturated carbocycles. The van der Waals surface area contributed by atoms with Crippen LogP contribution in [0.5, 0.6) is 0 Å². The normalized spacial score (nSPS) is 80.4. The van der Waals surface area contributed by atoms with Crippen molar-refractivity contribution in [1.29, 1.82) is 0 Å². The highest BCUT2D eigenvalue weighted by atomic mass is 79.9. The molecule has 10 aliphatic carbocycles. The zero-order chi connectivity index (χ0) is 12.1. The number of hydrogen-bond acceptors (Lipinski definition) is 0. The van der Waals surface area contributed by atoms with E-state index in [1.54, 1.807) is 44.9 Å². The van der Waals surface area contributed by atoms with Gasteiger partial charge < -0.3 is 0 Å². The maximum atomic E-state index is 4.40. The first-order chi connectivity index (χ1) is 9.21. The van der Waals surface area contributed by atoms with E-state index in [1.807, 2.05) is 0 Å². The minimum absolute atomic E-state index is 0.630. The molecule has 10 fully saturated rings. The molecule has 11 atom stereocenters. The SMILES string of the molecule is BrC12CC3[C@H]4CC5C[C@@H]3[C@@H]3[C@@H]1CC1C[C@H]2[C@H]4C3(C5)C1. The summed E-state index contributed by atoms with van der Waals surface area (Å²) in [4.78, 5) is 0. The lowest BCUT2D eigenvalue weighted by molar-refractivity contribution is -0.336. The van der Waals surface area contributed by atoms with E-state index >= 15 is 0 Å². The maximum absolute atomic E-state index is 4.40. The monoisotopic (exact) mass is 318 g/mol. The van der Waals surface area contributed by atoms with E-state index in [0.717, 1.165) is 35.0 Å². The summed E-state index contributed by atoms with van der Waals surface area (Å²) >= 11 is 4.40. The van der Waals surface area contributed by atoms with Crippen molar-refractivity contribution in [2.45, 2.75) is 49.3 Å². The predicted molar refractivity (Wildman–Crippen MR) is 77.8 cm³/mol. The molecule has 0 amide bonds. The van der Waals surface area contributed by atoms with Crippen LogP contribution in [0.2, 0.25) is 0 Å². The van der Waals surface area contributed by atoms with Gasteiger partial charge in [0.1, 0.15) is 0 Å². The van der Waals surface area contributed by atoms with E-state index < -0.39 is 0 Å². The van der Waals surface area contributed by atoms with E-state index in [-0.39, 0.29) is 0 Å². The Morgan fingerprint density at radius 3 is 1.89 bits per heavy atom. The Labute approximate surface area is 124 Å². The molecule has 0 aromatic heterocycles.